The fourth-order valence-corrected chi connectivity index (χ4v) is 3.51. The van der Waals surface area contributed by atoms with E-state index in [9.17, 15) is 5.11 Å². The topological polar surface area (TPSA) is 60.2 Å². The van der Waals surface area contributed by atoms with Gasteiger partial charge in [-0.2, -0.15) is 0 Å². The predicted octanol–water partition coefficient (Wildman–Crippen LogP) is 4.91. The Labute approximate surface area is 163 Å². The zero-order chi connectivity index (χ0) is 19.6. The molecule has 0 saturated carbocycles. The summed E-state index contributed by atoms with van der Waals surface area (Å²) in [7, 11) is 0. The van der Waals surface area contributed by atoms with Gasteiger partial charge in [-0.3, -0.25) is 10.4 Å². The van der Waals surface area contributed by atoms with Crippen LogP contribution in [0.4, 0.5) is 0 Å². The van der Waals surface area contributed by atoms with E-state index in [2.05, 4.69) is 28.9 Å². The van der Waals surface area contributed by atoms with Crippen LogP contribution in [0.15, 0.2) is 36.5 Å². The van der Waals surface area contributed by atoms with Gasteiger partial charge in [0.25, 0.3) is 0 Å². The summed E-state index contributed by atoms with van der Waals surface area (Å²) < 4.78 is 0. The van der Waals surface area contributed by atoms with Crippen molar-refractivity contribution in [1.82, 2.24) is 9.88 Å². The Morgan fingerprint density at radius 2 is 1.93 bits per heavy atom. The molecule has 1 aromatic heterocycles. The molecule has 0 amide bonds. The highest BCUT2D eigenvalue weighted by molar-refractivity contribution is 5.76. The second-order valence-corrected chi connectivity index (χ2v) is 7.32. The van der Waals surface area contributed by atoms with Crippen LogP contribution in [-0.4, -0.2) is 33.9 Å². The van der Waals surface area contributed by atoms with E-state index in [4.69, 9.17) is 5.41 Å². The fourth-order valence-electron chi connectivity index (χ4n) is 3.51. The molecule has 1 heterocycles. The molecule has 0 atom stereocenters. The van der Waals surface area contributed by atoms with E-state index < -0.39 is 0 Å². The lowest BCUT2D eigenvalue weighted by atomic mass is 10.00. The van der Waals surface area contributed by atoms with Crippen LogP contribution < -0.4 is 0 Å². The lowest BCUT2D eigenvalue weighted by Gasteiger charge is -2.22. The second kappa shape index (κ2) is 10.7. The molecule has 0 fully saturated rings. The van der Waals surface area contributed by atoms with Crippen LogP contribution in [0.1, 0.15) is 55.5 Å². The molecule has 0 radical (unpaired) electrons. The Balaban J connectivity index is 1.88. The van der Waals surface area contributed by atoms with Gasteiger partial charge in [-0.05, 0) is 87.3 Å². The molecule has 0 saturated heterocycles. The summed E-state index contributed by atoms with van der Waals surface area (Å²) in [6.07, 6.45) is 7.95. The fraction of sp³-hybridized carbons (Fsp3) is 0.478. The maximum Gasteiger partial charge on any atom is 0.116 e. The number of amidine groups is 1. The summed E-state index contributed by atoms with van der Waals surface area (Å²) in [6.45, 7) is 7.97. The van der Waals surface area contributed by atoms with Crippen molar-refractivity contribution < 1.29 is 5.11 Å². The van der Waals surface area contributed by atoms with Crippen molar-refractivity contribution in [2.75, 3.05) is 13.1 Å². The zero-order valence-corrected chi connectivity index (χ0v) is 17.0. The first-order chi connectivity index (χ1) is 13.0. The second-order valence-electron chi connectivity index (χ2n) is 7.32. The zero-order valence-electron chi connectivity index (χ0n) is 17.0. The number of rotatable bonds is 10. The van der Waals surface area contributed by atoms with Gasteiger partial charge in [-0.1, -0.05) is 19.1 Å². The van der Waals surface area contributed by atoms with E-state index >= 15 is 0 Å². The molecule has 0 unspecified atom stereocenters. The normalized spacial score (nSPS) is 10.8. The highest BCUT2D eigenvalue weighted by Crippen LogP contribution is 2.18. The van der Waals surface area contributed by atoms with E-state index in [-0.39, 0.29) is 0 Å². The third-order valence-electron chi connectivity index (χ3n) is 4.85. The minimum Gasteiger partial charge on any atom is -0.508 e. The molecule has 0 spiro atoms. The number of hydrogen-bond donors (Lipinski definition) is 2. The Morgan fingerprint density at radius 1 is 1.11 bits per heavy atom. The van der Waals surface area contributed by atoms with Gasteiger partial charge in [-0.25, -0.2) is 0 Å². The summed E-state index contributed by atoms with van der Waals surface area (Å²) in [5.74, 6) is 1.00. The van der Waals surface area contributed by atoms with Crippen LogP contribution in [0.25, 0.3) is 0 Å². The number of phenolic OH excluding ortho intramolecular Hbond substituents is 1. The number of hydrogen-bond acceptors (Lipinski definition) is 3. The number of aromatic hydroxyl groups is 1. The molecule has 0 bridgehead atoms. The molecule has 0 aliphatic rings. The molecular formula is C23H33N3O. The SMILES string of the molecule is CCCN(CCCCc1cccnc1CCc1cc(C)cc(O)c1)C(C)=N. The third kappa shape index (κ3) is 7.05. The largest absolute Gasteiger partial charge is 0.508 e. The molecule has 4 nitrogen and oxygen atoms in total. The average Bonchev–Trinajstić information content (AvgIpc) is 2.62. The van der Waals surface area contributed by atoms with Crippen LogP contribution in [0.2, 0.25) is 0 Å². The van der Waals surface area contributed by atoms with Gasteiger partial charge in [0.05, 0.1) is 5.84 Å². The molecule has 1 aromatic carbocycles. The number of unbranched alkanes of at least 4 members (excludes halogenated alkanes) is 1. The van der Waals surface area contributed by atoms with Gasteiger partial charge >= 0.3 is 0 Å². The molecule has 27 heavy (non-hydrogen) atoms. The quantitative estimate of drug-likeness (QED) is 0.356. The van der Waals surface area contributed by atoms with E-state index in [1.54, 1.807) is 6.07 Å². The number of phenols is 1. The molecule has 146 valence electrons. The average molecular weight is 368 g/mol. The maximum atomic E-state index is 9.78. The van der Waals surface area contributed by atoms with Crippen LogP contribution in [0.3, 0.4) is 0 Å². The van der Waals surface area contributed by atoms with Crippen molar-refractivity contribution in [3.05, 3.63) is 58.9 Å². The first kappa shape index (κ1) is 20.9. The number of nitrogens with zero attached hydrogens (tertiary/aromatic N) is 2. The van der Waals surface area contributed by atoms with E-state index in [1.807, 2.05) is 32.2 Å². The lowest BCUT2D eigenvalue weighted by molar-refractivity contribution is 0.399. The van der Waals surface area contributed by atoms with Crippen molar-refractivity contribution >= 4 is 5.84 Å². The first-order valence-corrected chi connectivity index (χ1v) is 10.0. The first-order valence-electron chi connectivity index (χ1n) is 10.0. The predicted molar refractivity (Wildman–Crippen MR) is 113 cm³/mol. The van der Waals surface area contributed by atoms with Gasteiger partial charge in [0.2, 0.25) is 0 Å². The molecule has 2 rings (SSSR count). The molecule has 0 aliphatic carbocycles. The van der Waals surface area contributed by atoms with Crippen LogP contribution >= 0.6 is 0 Å². The van der Waals surface area contributed by atoms with Crippen molar-refractivity contribution in [2.24, 2.45) is 0 Å². The van der Waals surface area contributed by atoms with E-state index in [1.165, 1.54) is 5.56 Å². The molecule has 2 N–H and O–H groups in total. The third-order valence-corrected chi connectivity index (χ3v) is 4.85. The standard InChI is InChI=1S/C23H33N3O/c1-4-13-26(19(3)24)14-6-5-8-21-9-7-12-25-23(21)11-10-20-15-18(2)16-22(27)17-20/h7,9,12,15-17,24,27H,4-6,8,10-11,13-14H2,1-3H3. The Bertz CT molecular complexity index is 722. The van der Waals surface area contributed by atoms with Crippen molar-refractivity contribution in [3.8, 4) is 5.75 Å². The highest BCUT2D eigenvalue weighted by Gasteiger charge is 2.07. The number of benzene rings is 1. The summed E-state index contributed by atoms with van der Waals surface area (Å²) >= 11 is 0. The van der Waals surface area contributed by atoms with E-state index in [0.717, 1.165) is 68.4 Å². The van der Waals surface area contributed by atoms with Gasteiger partial charge in [0.15, 0.2) is 0 Å². The monoisotopic (exact) mass is 367 g/mol. The minimum absolute atomic E-state index is 0.337. The van der Waals surface area contributed by atoms with Crippen LogP contribution in [0, 0.1) is 12.3 Å². The summed E-state index contributed by atoms with van der Waals surface area (Å²) in [4.78, 5) is 6.76. The van der Waals surface area contributed by atoms with Gasteiger partial charge in [-0.15, -0.1) is 0 Å². The molecular weight excluding hydrogens is 334 g/mol. The number of pyridine rings is 1. The van der Waals surface area contributed by atoms with Crippen LogP contribution in [0.5, 0.6) is 5.75 Å². The number of aromatic nitrogens is 1. The van der Waals surface area contributed by atoms with Crippen molar-refractivity contribution in [2.45, 2.75) is 59.3 Å². The summed E-state index contributed by atoms with van der Waals surface area (Å²) in [5, 5.41) is 17.6. The van der Waals surface area contributed by atoms with Gasteiger partial charge in [0.1, 0.15) is 5.75 Å². The van der Waals surface area contributed by atoms with Crippen LogP contribution in [-0.2, 0) is 19.3 Å². The van der Waals surface area contributed by atoms with E-state index in [0.29, 0.717) is 11.6 Å². The Morgan fingerprint density at radius 3 is 2.63 bits per heavy atom. The number of nitrogens with one attached hydrogen (secondary N) is 1. The molecule has 0 aliphatic heterocycles. The summed E-state index contributed by atoms with van der Waals surface area (Å²) in [5.41, 5.74) is 4.72. The smallest absolute Gasteiger partial charge is 0.116 e. The van der Waals surface area contributed by atoms with Crippen molar-refractivity contribution in [3.63, 3.8) is 0 Å². The molecule has 2 aromatic rings. The number of aryl methyl sites for hydroxylation is 4. The Kier molecular flexibility index (Phi) is 8.31. The lowest BCUT2D eigenvalue weighted by Crippen LogP contribution is -2.30. The highest BCUT2D eigenvalue weighted by atomic mass is 16.3. The van der Waals surface area contributed by atoms with Crippen molar-refractivity contribution in [1.29, 1.82) is 5.41 Å². The summed E-state index contributed by atoms with van der Waals surface area (Å²) in [6, 6.07) is 9.96. The van der Waals surface area contributed by atoms with Gasteiger partial charge in [0, 0.05) is 25.0 Å². The van der Waals surface area contributed by atoms with Gasteiger partial charge < -0.3 is 10.0 Å². The Hall–Kier alpha value is -2.36. The minimum atomic E-state index is 0.337. The molecule has 4 heteroatoms. The maximum absolute atomic E-state index is 9.78.